The minimum absolute atomic E-state index is 0.0150. The number of carbonyl (C=O) groups excluding carboxylic acids is 2. The van der Waals surface area contributed by atoms with E-state index in [1.165, 1.54) is 11.9 Å². The molecule has 0 fully saturated rings. The number of nitrogens with zero attached hydrogens (tertiary/aromatic N) is 2. The van der Waals surface area contributed by atoms with Gasteiger partial charge in [0, 0.05) is 30.1 Å². The number of carbonyl (C=O) groups is 2. The minimum atomic E-state index is -3.86. The molecule has 0 saturated carbocycles. The number of anilines is 1. The summed E-state index contributed by atoms with van der Waals surface area (Å²) in [6.07, 6.45) is 1.29. The largest absolute Gasteiger partial charge is 0.357 e. The number of halogens is 2. The summed E-state index contributed by atoms with van der Waals surface area (Å²) < 4.78 is 27.1. The maximum absolute atomic E-state index is 14.1. The van der Waals surface area contributed by atoms with Gasteiger partial charge in [-0.15, -0.1) is 0 Å². The van der Waals surface area contributed by atoms with Gasteiger partial charge < -0.3 is 10.2 Å². The molecule has 39 heavy (non-hydrogen) atoms. The highest BCUT2D eigenvalue weighted by Gasteiger charge is 2.33. The Kier molecular flexibility index (Phi) is 10.4. The Labute approximate surface area is 240 Å². The smallest absolute Gasteiger partial charge is 0.244 e. The zero-order valence-electron chi connectivity index (χ0n) is 22.4. The summed E-state index contributed by atoms with van der Waals surface area (Å²) in [4.78, 5) is 28.6. The molecule has 0 spiro atoms. The quantitative estimate of drug-likeness (QED) is 0.330. The molecule has 7 nitrogen and oxygen atoms in total. The lowest BCUT2D eigenvalue weighted by Gasteiger charge is -2.34. The molecule has 0 aliphatic heterocycles. The van der Waals surface area contributed by atoms with E-state index in [1.54, 1.807) is 30.3 Å². The van der Waals surface area contributed by atoms with Crippen molar-refractivity contribution in [3.8, 4) is 0 Å². The van der Waals surface area contributed by atoms with E-state index in [-0.39, 0.29) is 24.8 Å². The second-order valence-electron chi connectivity index (χ2n) is 9.56. The molecule has 0 heterocycles. The normalized spacial score (nSPS) is 12.2. The Bertz CT molecular complexity index is 1420. The van der Waals surface area contributed by atoms with E-state index in [1.807, 2.05) is 56.3 Å². The fourth-order valence-corrected chi connectivity index (χ4v) is 5.69. The van der Waals surface area contributed by atoms with Crippen LogP contribution in [0.1, 0.15) is 36.5 Å². The van der Waals surface area contributed by atoms with Gasteiger partial charge in [0.15, 0.2) is 0 Å². The fourth-order valence-electron chi connectivity index (χ4n) is 4.35. The van der Waals surface area contributed by atoms with Crippen molar-refractivity contribution in [2.24, 2.45) is 0 Å². The summed E-state index contributed by atoms with van der Waals surface area (Å²) in [7, 11) is -2.36. The van der Waals surface area contributed by atoms with Gasteiger partial charge in [-0.3, -0.25) is 13.9 Å². The number of hydrogen-bond donors (Lipinski definition) is 1. The van der Waals surface area contributed by atoms with Crippen LogP contribution in [0, 0.1) is 0 Å². The molecule has 2 amide bonds. The van der Waals surface area contributed by atoms with E-state index < -0.39 is 28.5 Å². The number of hydrogen-bond acceptors (Lipinski definition) is 4. The molecule has 0 saturated heterocycles. The third kappa shape index (κ3) is 7.97. The van der Waals surface area contributed by atoms with Crippen LogP contribution in [0.5, 0.6) is 0 Å². The molecular formula is C29H33Cl2N3O4S. The van der Waals surface area contributed by atoms with Crippen LogP contribution in [0.15, 0.2) is 72.8 Å². The van der Waals surface area contributed by atoms with Gasteiger partial charge in [-0.25, -0.2) is 8.42 Å². The number of nitrogens with one attached hydrogen (secondary N) is 1. The van der Waals surface area contributed by atoms with E-state index in [4.69, 9.17) is 23.2 Å². The van der Waals surface area contributed by atoms with Crippen LogP contribution in [-0.4, -0.2) is 51.0 Å². The monoisotopic (exact) mass is 589 g/mol. The predicted molar refractivity (Wildman–Crippen MR) is 158 cm³/mol. The summed E-state index contributed by atoms with van der Waals surface area (Å²) in [5.74, 6) is -0.915. The standard InChI is InChI=1S/C29H33Cl2N3O4S/c1-20(2)24-12-8-9-13-26(24)34(39(4,37)38)19-28(35)33(18-22-14-15-23(30)17-25(22)31)27(29(36)32-3)16-21-10-6-5-7-11-21/h5-15,17,20,27H,16,18-19H2,1-4H3,(H,32,36)/t27-/m1/s1. The van der Waals surface area contributed by atoms with Crippen LogP contribution in [-0.2, 0) is 32.6 Å². The van der Waals surface area contributed by atoms with E-state index in [0.717, 1.165) is 21.7 Å². The van der Waals surface area contributed by atoms with Crippen LogP contribution in [0.25, 0.3) is 0 Å². The predicted octanol–water partition coefficient (Wildman–Crippen LogP) is 5.27. The first-order chi connectivity index (χ1) is 18.4. The van der Waals surface area contributed by atoms with Crippen molar-refractivity contribution in [2.45, 2.75) is 38.8 Å². The first-order valence-corrected chi connectivity index (χ1v) is 15.1. The average Bonchev–Trinajstić information content (AvgIpc) is 2.89. The molecule has 208 valence electrons. The van der Waals surface area contributed by atoms with Crippen LogP contribution in [0.4, 0.5) is 5.69 Å². The van der Waals surface area contributed by atoms with Crippen molar-refractivity contribution < 1.29 is 18.0 Å². The Balaban J connectivity index is 2.09. The number of sulfonamides is 1. The molecule has 3 rings (SSSR count). The third-order valence-corrected chi connectivity index (χ3v) is 8.09. The first-order valence-electron chi connectivity index (χ1n) is 12.5. The highest BCUT2D eigenvalue weighted by Crippen LogP contribution is 2.30. The lowest BCUT2D eigenvalue weighted by molar-refractivity contribution is -0.139. The second-order valence-corrected chi connectivity index (χ2v) is 12.3. The number of likely N-dealkylation sites (N-methyl/N-ethyl adjacent to an activating group) is 1. The van der Waals surface area contributed by atoms with Crippen molar-refractivity contribution in [3.63, 3.8) is 0 Å². The lowest BCUT2D eigenvalue weighted by atomic mass is 10.0. The molecule has 0 unspecified atom stereocenters. The molecule has 1 N–H and O–H groups in total. The van der Waals surface area contributed by atoms with Gasteiger partial charge in [0.05, 0.1) is 11.9 Å². The van der Waals surface area contributed by atoms with Gasteiger partial charge in [-0.2, -0.15) is 0 Å². The van der Waals surface area contributed by atoms with Crippen LogP contribution in [0.3, 0.4) is 0 Å². The Morgan fingerprint density at radius 2 is 1.59 bits per heavy atom. The maximum atomic E-state index is 14.1. The molecule has 3 aromatic rings. The fraction of sp³-hybridized carbons (Fsp3) is 0.310. The Morgan fingerprint density at radius 1 is 0.949 bits per heavy atom. The number of para-hydroxylation sites is 1. The maximum Gasteiger partial charge on any atom is 0.244 e. The highest BCUT2D eigenvalue weighted by molar-refractivity contribution is 7.92. The van der Waals surface area contributed by atoms with Gasteiger partial charge in [0.1, 0.15) is 12.6 Å². The zero-order valence-corrected chi connectivity index (χ0v) is 24.7. The Hall–Kier alpha value is -3.07. The summed E-state index contributed by atoms with van der Waals surface area (Å²) in [6, 6.07) is 20.4. The molecule has 0 bridgehead atoms. The van der Waals surface area contributed by atoms with Crippen molar-refractivity contribution >= 4 is 50.7 Å². The summed E-state index contributed by atoms with van der Waals surface area (Å²) in [5.41, 5.74) is 2.63. The third-order valence-electron chi connectivity index (χ3n) is 6.38. The SMILES string of the molecule is CNC(=O)[C@@H](Cc1ccccc1)N(Cc1ccc(Cl)cc1Cl)C(=O)CN(c1ccccc1C(C)C)S(C)(=O)=O. The van der Waals surface area contributed by atoms with Gasteiger partial charge in [-0.1, -0.05) is 91.6 Å². The first kappa shape index (κ1) is 30.5. The van der Waals surface area contributed by atoms with E-state index in [0.29, 0.717) is 21.3 Å². The number of benzene rings is 3. The van der Waals surface area contributed by atoms with Gasteiger partial charge >= 0.3 is 0 Å². The lowest BCUT2D eigenvalue weighted by Crippen LogP contribution is -2.53. The van der Waals surface area contributed by atoms with Crippen molar-refractivity contribution in [3.05, 3.63) is 99.5 Å². The minimum Gasteiger partial charge on any atom is -0.357 e. The molecule has 0 aromatic heterocycles. The molecule has 10 heteroatoms. The van der Waals surface area contributed by atoms with E-state index in [2.05, 4.69) is 5.32 Å². The summed E-state index contributed by atoms with van der Waals surface area (Å²) >= 11 is 12.5. The second kappa shape index (κ2) is 13.3. The summed E-state index contributed by atoms with van der Waals surface area (Å²) in [5, 5.41) is 3.42. The highest BCUT2D eigenvalue weighted by atomic mass is 35.5. The van der Waals surface area contributed by atoms with Crippen LogP contribution >= 0.6 is 23.2 Å². The van der Waals surface area contributed by atoms with E-state index >= 15 is 0 Å². The zero-order chi connectivity index (χ0) is 28.7. The number of amides is 2. The van der Waals surface area contributed by atoms with Crippen LogP contribution < -0.4 is 9.62 Å². The van der Waals surface area contributed by atoms with Gasteiger partial charge in [0.25, 0.3) is 0 Å². The molecule has 0 aliphatic carbocycles. The van der Waals surface area contributed by atoms with E-state index in [9.17, 15) is 18.0 Å². The van der Waals surface area contributed by atoms with Crippen molar-refractivity contribution in [2.75, 3.05) is 24.2 Å². The Morgan fingerprint density at radius 3 is 2.18 bits per heavy atom. The average molecular weight is 591 g/mol. The topological polar surface area (TPSA) is 86.8 Å². The summed E-state index contributed by atoms with van der Waals surface area (Å²) in [6.45, 7) is 3.40. The van der Waals surface area contributed by atoms with Crippen molar-refractivity contribution in [1.29, 1.82) is 0 Å². The molecule has 1 atom stereocenters. The van der Waals surface area contributed by atoms with Crippen LogP contribution in [0.2, 0.25) is 10.0 Å². The van der Waals surface area contributed by atoms with Gasteiger partial charge in [-0.05, 0) is 40.8 Å². The van der Waals surface area contributed by atoms with Crippen molar-refractivity contribution in [1.82, 2.24) is 10.2 Å². The van der Waals surface area contributed by atoms with Gasteiger partial charge in [0.2, 0.25) is 21.8 Å². The molecule has 0 radical (unpaired) electrons. The molecule has 0 aliphatic rings. The number of rotatable bonds is 11. The molecular weight excluding hydrogens is 557 g/mol. The molecule has 3 aromatic carbocycles.